The van der Waals surface area contributed by atoms with Crippen LogP contribution in [0.25, 0.3) is 0 Å². The van der Waals surface area contributed by atoms with E-state index in [-0.39, 0.29) is 0 Å². The fourth-order valence-electron chi connectivity index (χ4n) is 1.57. The zero-order chi connectivity index (χ0) is 12.3. The summed E-state index contributed by atoms with van der Waals surface area (Å²) in [4.78, 5) is 0. The number of para-hydroxylation sites is 1. The van der Waals surface area contributed by atoms with Gasteiger partial charge in [-0.15, -0.1) is 0 Å². The van der Waals surface area contributed by atoms with Gasteiger partial charge >= 0.3 is 0 Å². The quantitative estimate of drug-likeness (QED) is 0.890. The Labute approximate surface area is 109 Å². The summed E-state index contributed by atoms with van der Waals surface area (Å²) in [7, 11) is 0. The Hall–Kier alpha value is -1.79. The standard InChI is InChI=1S/C14H11BrN2/c1-10-6-7-12(15)14(8-10)17-13-5-3-2-4-11(13)9-16/h2-8,17H,1H3. The van der Waals surface area contributed by atoms with Gasteiger partial charge in [0.15, 0.2) is 0 Å². The highest BCUT2D eigenvalue weighted by Crippen LogP contribution is 2.28. The lowest BCUT2D eigenvalue weighted by Crippen LogP contribution is -1.94. The van der Waals surface area contributed by atoms with Gasteiger partial charge in [0.2, 0.25) is 0 Å². The number of nitriles is 1. The maximum Gasteiger partial charge on any atom is 0.101 e. The fourth-order valence-corrected chi connectivity index (χ4v) is 1.92. The molecule has 3 heteroatoms. The van der Waals surface area contributed by atoms with Crippen molar-refractivity contribution in [3.63, 3.8) is 0 Å². The van der Waals surface area contributed by atoms with Crippen molar-refractivity contribution in [2.45, 2.75) is 6.92 Å². The van der Waals surface area contributed by atoms with Crippen LogP contribution >= 0.6 is 15.9 Å². The lowest BCUT2D eigenvalue weighted by Gasteiger charge is -2.10. The molecular formula is C14H11BrN2. The molecule has 0 saturated heterocycles. The Kier molecular flexibility index (Phi) is 3.46. The van der Waals surface area contributed by atoms with Gasteiger partial charge in [-0.1, -0.05) is 18.2 Å². The van der Waals surface area contributed by atoms with Crippen LogP contribution in [0.1, 0.15) is 11.1 Å². The van der Waals surface area contributed by atoms with E-state index in [1.807, 2.05) is 43.3 Å². The summed E-state index contributed by atoms with van der Waals surface area (Å²) in [5, 5.41) is 12.3. The molecule has 0 saturated carbocycles. The molecule has 1 N–H and O–H groups in total. The molecule has 0 amide bonds. The van der Waals surface area contributed by atoms with Gasteiger partial charge in [0.25, 0.3) is 0 Å². The average molecular weight is 287 g/mol. The van der Waals surface area contributed by atoms with Crippen molar-refractivity contribution < 1.29 is 0 Å². The molecule has 2 aromatic carbocycles. The van der Waals surface area contributed by atoms with E-state index < -0.39 is 0 Å². The summed E-state index contributed by atoms with van der Waals surface area (Å²) in [6, 6.07) is 15.7. The van der Waals surface area contributed by atoms with Gasteiger partial charge in [0.1, 0.15) is 6.07 Å². The minimum absolute atomic E-state index is 0.640. The lowest BCUT2D eigenvalue weighted by molar-refractivity contribution is 1.42. The largest absolute Gasteiger partial charge is 0.354 e. The fraction of sp³-hybridized carbons (Fsp3) is 0.0714. The Balaban J connectivity index is 2.38. The molecule has 84 valence electrons. The average Bonchev–Trinajstić information content (AvgIpc) is 2.34. The van der Waals surface area contributed by atoms with Crippen LogP contribution in [0.2, 0.25) is 0 Å². The minimum Gasteiger partial charge on any atom is -0.354 e. The van der Waals surface area contributed by atoms with Crippen molar-refractivity contribution in [2.75, 3.05) is 5.32 Å². The predicted molar refractivity (Wildman–Crippen MR) is 73.3 cm³/mol. The molecular weight excluding hydrogens is 276 g/mol. The van der Waals surface area contributed by atoms with Crippen molar-refractivity contribution >= 4 is 27.3 Å². The molecule has 17 heavy (non-hydrogen) atoms. The molecule has 0 radical (unpaired) electrons. The number of nitrogens with one attached hydrogen (secondary N) is 1. The summed E-state index contributed by atoms with van der Waals surface area (Å²) >= 11 is 3.49. The van der Waals surface area contributed by atoms with E-state index in [1.165, 1.54) is 5.56 Å². The maximum atomic E-state index is 9.02. The van der Waals surface area contributed by atoms with Crippen molar-refractivity contribution in [2.24, 2.45) is 0 Å². The smallest absolute Gasteiger partial charge is 0.101 e. The molecule has 2 aromatic rings. The predicted octanol–water partition coefficient (Wildman–Crippen LogP) is 4.37. The van der Waals surface area contributed by atoms with E-state index in [2.05, 4.69) is 27.3 Å². The van der Waals surface area contributed by atoms with Crippen LogP contribution < -0.4 is 5.32 Å². The second-order valence-electron chi connectivity index (χ2n) is 3.77. The highest BCUT2D eigenvalue weighted by Gasteiger charge is 2.04. The molecule has 0 atom stereocenters. The third-order valence-corrected chi connectivity index (χ3v) is 3.13. The second-order valence-corrected chi connectivity index (χ2v) is 4.62. The molecule has 0 aliphatic heterocycles. The molecule has 0 aliphatic carbocycles. The maximum absolute atomic E-state index is 9.02. The first kappa shape index (κ1) is 11.7. The van der Waals surface area contributed by atoms with Gasteiger partial charge < -0.3 is 5.32 Å². The molecule has 0 aliphatic rings. The van der Waals surface area contributed by atoms with E-state index >= 15 is 0 Å². The molecule has 2 nitrogen and oxygen atoms in total. The van der Waals surface area contributed by atoms with Crippen LogP contribution in [0.4, 0.5) is 11.4 Å². The third-order valence-electron chi connectivity index (χ3n) is 2.44. The van der Waals surface area contributed by atoms with Crippen LogP contribution in [0.15, 0.2) is 46.9 Å². The van der Waals surface area contributed by atoms with Gasteiger partial charge in [0.05, 0.1) is 16.9 Å². The summed E-state index contributed by atoms with van der Waals surface area (Å²) in [6.45, 7) is 2.04. The van der Waals surface area contributed by atoms with Gasteiger partial charge in [-0.25, -0.2) is 0 Å². The summed E-state index contributed by atoms with van der Waals surface area (Å²) in [5.74, 6) is 0. The van der Waals surface area contributed by atoms with E-state index in [9.17, 15) is 0 Å². The molecule has 0 aromatic heterocycles. The highest BCUT2D eigenvalue weighted by atomic mass is 79.9. The van der Waals surface area contributed by atoms with E-state index in [0.29, 0.717) is 5.56 Å². The minimum atomic E-state index is 0.640. The van der Waals surface area contributed by atoms with Crippen molar-refractivity contribution in [1.29, 1.82) is 5.26 Å². The Morgan fingerprint density at radius 3 is 2.65 bits per heavy atom. The van der Waals surface area contributed by atoms with Crippen molar-refractivity contribution in [3.8, 4) is 6.07 Å². The summed E-state index contributed by atoms with van der Waals surface area (Å²) in [6.07, 6.45) is 0. The molecule has 2 rings (SSSR count). The van der Waals surface area contributed by atoms with Crippen molar-refractivity contribution in [3.05, 3.63) is 58.1 Å². The number of hydrogen-bond donors (Lipinski definition) is 1. The van der Waals surface area contributed by atoms with Crippen LogP contribution in [0.5, 0.6) is 0 Å². The van der Waals surface area contributed by atoms with E-state index in [4.69, 9.17) is 5.26 Å². The van der Waals surface area contributed by atoms with E-state index in [1.54, 1.807) is 6.07 Å². The molecule has 0 bridgehead atoms. The Morgan fingerprint density at radius 1 is 1.12 bits per heavy atom. The third kappa shape index (κ3) is 2.66. The molecule has 0 fully saturated rings. The van der Waals surface area contributed by atoms with Crippen LogP contribution in [0, 0.1) is 18.3 Å². The number of hydrogen-bond acceptors (Lipinski definition) is 2. The van der Waals surface area contributed by atoms with E-state index in [0.717, 1.165) is 15.8 Å². The number of rotatable bonds is 2. The Bertz CT molecular complexity index is 585. The summed E-state index contributed by atoms with van der Waals surface area (Å²) < 4.78 is 0.982. The van der Waals surface area contributed by atoms with Gasteiger partial charge in [-0.05, 0) is 52.7 Å². The number of aryl methyl sites for hydroxylation is 1. The zero-order valence-electron chi connectivity index (χ0n) is 9.37. The first-order valence-electron chi connectivity index (χ1n) is 5.23. The van der Waals surface area contributed by atoms with Gasteiger partial charge in [-0.2, -0.15) is 5.26 Å². The first-order chi connectivity index (χ1) is 8.20. The highest BCUT2D eigenvalue weighted by molar-refractivity contribution is 9.10. The second kappa shape index (κ2) is 5.03. The first-order valence-corrected chi connectivity index (χ1v) is 6.02. The monoisotopic (exact) mass is 286 g/mol. The van der Waals surface area contributed by atoms with Crippen LogP contribution in [0.3, 0.4) is 0 Å². The molecule has 0 heterocycles. The Morgan fingerprint density at radius 2 is 1.88 bits per heavy atom. The number of anilines is 2. The summed E-state index contributed by atoms with van der Waals surface area (Å²) in [5.41, 5.74) is 3.60. The molecule has 0 unspecified atom stereocenters. The number of nitrogens with zero attached hydrogens (tertiary/aromatic N) is 1. The molecule has 0 spiro atoms. The van der Waals surface area contributed by atoms with Crippen LogP contribution in [-0.2, 0) is 0 Å². The van der Waals surface area contributed by atoms with Crippen LogP contribution in [-0.4, -0.2) is 0 Å². The van der Waals surface area contributed by atoms with Gasteiger partial charge in [-0.3, -0.25) is 0 Å². The SMILES string of the molecule is Cc1ccc(Br)c(Nc2ccccc2C#N)c1. The zero-order valence-corrected chi connectivity index (χ0v) is 11.0. The normalized spacial score (nSPS) is 9.71. The van der Waals surface area contributed by atoms with Crippen molar-refractivity contribution in [1.82, 2.24) is 0 Å². The topological polar surface area (TPSA) is 35.8 Å². The number of benzene rings is 2. The van der Waals surface area contributed by atoms with Gasteiger partial charge in [0, 0.05) is 4.47 Å². The lowest BCUT2D eigenvalue weighted by atomic mass is 10.1. The number of halogens is 1.